The van der Waals surface area contributed by atoms with E-state index in [-0.39, 0.29) is 25.9 Å². The molecular weight excluding hydrogens is 1000 g/mol. The average Bonchev–Trinajstić information content (AvgIpc) is 3.43. The van der Waals surface area contributed by atoms with E-state index in [9.17, 15) is 28.9 Å². The molecule has 0 heterocycles. The largest absolute Gasteiger partial charge is 0.472 e. The van der Waals surface area contributed by atoms with Crippen LogP contribution in [-0.4, -0.2) is 66.5 Å². The summed E-state index contributed by atoms with van der Waals surface area (Å²) in [5.41, 5.74) is 0. The Morgan fingerprint density at radius 3 is 0.897 bits per heavy atom. The van der Waals surface area contributed by atoms with Gasteiger partial charge in [0.1, 0.15) is 12.7 Å². The van der Waals surface area contributed by atoms with Crippen molar-refractivity contribution in [3.63, 3.8) is 0 Å². The van der Waals surface area contributed by atoms with Crippen molar-refractivity contribution >= 4 is 25.7 Å². The SMILES string of the molecule is CCCCCC/C=C\CCCCCCCC(=O)OC(CO)COP(=O)(O)OCC(COC(=O)CCCCCCCCCCC/C=C\CCCCCCCC)OC(=O)CCCCCCCCCCCCCCCCCCCCC. The second-order valence-electron chi connectivity index (χ2n) is 22.6. The van der Waals surface area contributed by atoms with Gasteiger partial charge < -0.3 is 24.2 Å². The van der Waals surface area contributed by atoms with E-state index in [0.717, 1.165) is 77.0 Å². The first kappa shape index (κ1) is 76.0. The number of phosphoric ester groups is 1. The number of unbranched alkanes of at least 4 members (excludes halogenated alkanes) is 42. The van der Waals surface area contributed by atoms with Gasteiger partial charge in [-0.3, -0.25) is 23.4 Å². The molecule has 0 saturated heterocycles. The lowest BCUT2D eigenvalue weighted by Crippen LogP contribution is -2.30. The molecule has 78 heavy (non-hydrogen) atoms. The van der Waals surface area contributed by atoms with Gasteiger partial charge >= 0.3 is 25.7 Å². The minimum atomic E-state index is -4.75. The van der Waals surface area contributed by atoms with Crippen molar-refractivity contribution < 1.29 is 52.2 Å². The predicted molar refractivity (Wildman–Crippen MR) is 326 cm³/mol. The lowest BCUT2D eigenvalue weighted by Gasteiger charge is -2.21. The molecule has 0 bridgehead atoms. The van der Waals surface area contributed by atoms with Gasteiger partial charge in [0.25, 0.3) is 0 Å². The van der Waals surface area contributed by atoms with E-state index in [4.69, 9.17) is 23.3 Å². The molecule has 0 aliphatic carbocycles. The molecule has 0 aromatic carbocycles. The molecule has 0 aromatic rings. The number of rotatable bonds is 63. The summed E-state index contributed by atoms with van der Waals surface area (Å²) < 4.78 is 39.7. The number of carbonyl (C=O) groups is 3. The van der Waals surface area contributed by atoms with Crippen LogP contribution in [0.5, 0.6) is 0 Å². The van der Waals surface area contributed by atoms with Crippen molar-refractivity contribution in [1.29, 1.82) is 0 Å². The van der Waals surface area contributed by atoms with Gasteiger partial charge in [-0.05, 0) is 70.6 Å². The van der Waals surface area contributed by atoms with Crippen LogP contribution >= 0.6 is 7.82 Å². The van der Waals surface area contributed by atoms with Crippen molar-refractivity contribution in [2.45, 2.75) is 354 Å². The van der Waals surface area contributed by atoms with Crippen LogP contribution in [0.3, 0.4) is 0 Å². The molecular formula is C66H125O11P. The molecule has 0 amide bonds. The number of esters is 3. The Balaban J connectivity index is 4.65. The highest BCUT2D eigenvalue weighted by molar-refractivity contribution is 7.47. The highest BCUT2D eigenvalue weighted by Gasteiger charge is 2.28. The van der Waals surface area contributed by atoms with E-state index in [1.54, 1.807) is 0 Å². The summed E-state index contributed by atoms with van der Waals surface area (Å²) in [6.07, 6.45) is 64.2. The number of hydrogen-bond acceptors (Lipinski definition) is 10. The first-order valence-corrected chi connectivity index (χ1v) is 34.7. The van der Waals surface area contributed by atoms with E-state index in [2.05, 4.69) is 45.1 Å². The fourth-order valence-electron chi connectivity index (χ4n) is 9.76. The van der Waals surface area contributed by atoms with Crippen LogP contribution in [0.2, 0.25) is 0 Å². The van der Waals surface area contributed by atoms with Crippen LogP contribution in [0, 0.1) is 0 Å². The number of aliphatic hydroxyl groups excluding tert-OH is 1. The first-order chi connectivity index (χ1) is 38.2. The second kappa shape index (κ2) is 61.0. The third-order valence-electron chi connectivity index (χ3n) is 14.8. The summed E-state index contributed by atoms with van der Waals surface area (Å²) in [6, 6.07) is 0. The molecule has 12 heteroatoms. The van der Waals surface area contributed by atoms with Crippen LogP contribution < -0.4 is 0 Å². The Kier molecular flexibility index (Phi) is 59.4. The normalized spacial score (nSPS) is 13.3. The lowest BCUT2D eigenvalue weighted by molar-refractivity contribution is -0.161. The van der Waals surface area contributed by atoms with Crippen molar-refractivity contribution in [3.8, 4) is 0 Å². The van der Waals surface area contributed by atoms with Gasteiger partial charge in [-0.15, -0.1) is 0 Å². The first-order valence-electron chi connectivity index (χ1n) is 33.2. The van der Waals surface area contributed by atoms with E-state index in [1.807, 2.05) is 0 Å². The lowest BCUT2D eigenvalue weighted by atomic mass is 10.0. The Morgan fingerprint density at radius 2 is 0.590 bits per heavy atom. The van der Waals surface area contributed by atoms with Gasteiger partial charge in [-0.1, -0.05) is 276 Å². The molecule has 2 N–H and O–H groups in total. The standard InChI is InChI=1S/C66H125O11P/c1-4-7-10-13-16-19-22-25-27-29-31-33-35-38-40-43-46-49-52-55-64(68)73-59-63(77-66(70)57-54-51-48-45-42-39-36-34-32-30-28-26-23-20-17-14-11-8-5-2)61-75-78(71,72)74-60-62(58-67)76-65(69)56-53-50-47-44-41-37-24-21-18-15-12-9-6-3/h21,24-25,27,62-63,67H,4-20,22-23,26,28-61H2,1-3H3,(H,71,72)/b24-21-,27-25-. The van der Waals surface area contributed by atoms with Crippen LogP contribution in [0.25, 0.3) is 0 Å². The van der Waals surface area contributed by atoms with Crippen LogP contribution in [-0.2, 0) is 42.2 Å². The predicted octanol–water partition coefficient (Wildman–Crippen LogP) is 20.2. The van der Waals surface area contributed by atoms with Crippen molar-refractivity contribution in [3.05, 3.63) is 24.3 Å². The molecule has 0 rings (SSSR count). The summed E-state index contributed by atoms with van der Waals surface area (Å²) in [5, 5.41) is 9.84. The van der Waals surface area contributed by atoms with E-state index >= 15 is 0 Å². The smallest absolute Gasteiger partial charge is 0.462 e. The van der Waals surface area contributed by atoms with E-state index < -0.39 is 57.8 Å². The number of aliphatic hydroxyl groups is 1. The number of hydrogen-bond donors (Lipinski definition) is 2. The molecule has 0 spiro atoms. The number of carbonyl (C=O) groups excluding carboxylic acids is 3. The fraction of sp³-hybridized carbons (Fsp3) is 0.894. The van der Waals surface area contributed by atoms with Crippen molar-refractivity contribution in [1.82, 2.24) is 0 Å². The summed E-state index contributed by atoms with van der Waals surface area (Å²) in [4.78, 5) is 48.8. The van der Waals surface area contributed by atoms with Gasteiger partial charge in [0, 0.05) is 19.3 Å². The Labute approximate surface area is 480 Å². The summed E-state index contributed by atoms with van der Waals surface area (Å²) in [7, 11) is -4.75. The zero-order chi connectivity index (χ0) is 56.9. The molecule has 460 valence electrons. The minimum Gasteiger partial charge on any atom is -0.462 e. The van der Waals surface area contributed by atoms with Crippen LogP contribution in [0.15, 0.2) is 24.3 Å². The van der Waals surface area contributed by atoms with Crippen LogP contribution in [0.4, 0.5) is 0 Å². The summed E-state index contributed by atoms with van der Waals surface area (Å²) in [5.74, 6) is -1.44. The maximum Gasteiger partial charge on any atom is 0.472 e. The van der Waals surface area contributed by atoms with Gasteiger partial charge in [0.05, 0.1) is 19.8 Å². The maximum absolute atomic E-state index is 13.0. The van der Waals surface area contributed by atoms with Gasteiger partial charge in [-0.2, -0.15) is 0 Å². The molecule has 3 unspecified atom stereocenters. The Hall–Kier alpha value is -2.04. The third-order valence-corrected chi connectivity index (χ3v) is 15.8. The zero-order valence-corrected chi connectivity index (χ0v) is 52.1. The molecule has 0 aliphatic rings. The van der Waals surface area contributed by atoms with Gasteiger partial charge in [0.15, 0.2) is 6.10 Å². The average molecular weight is 1130 g/mol. The molecule has 0 fully saturated rings. The second-order valence-corrected chi connectivity index (χ2v) is 24.1. The molecule has 0 aliphatic heterocycles. The van der Waals surface area contributed by atoms with Gasteiger partial charge in [-0.25, -0.2) is 4.57 Å². The number of allylic oxidation sites excluding steroid dienone is 4. The van der Waals surface area contributed by atoms with Crippen molar-refractivity contribution in [2.75, 3.05) is 26.4 Å². The molecule has 11 nitrogen and oxygen atoms in total. The quantitative estimate of drug-likeness (QED) is 0.0197. The van der Waals surface area contributed by atoms with E-state index in [1.165, 1.54) is 205 Å². The molecule has 0 saturated carbocycles. The molecule has 3 atom stereocenters. The van der Waals surface area contributed by atoms with Crippen molar-refractivity contribution in [2.24, 2.45) is 0 Å². The summed E-state index contributed by atoms with van der Waals surface area (Å²) in [6.45, 7) is 4.70. The third kappa shape index (κ3) is 58.6. The fourth-order valence-corrected chi connectivity index (χ4v) is 10.5. The molecule has 0 aromatic heterocycles. The number of ether oxygens (including phenoxy) is 3. The highest BCUT2D eigenvalue weighted by Crippen LogP contribution is 2.43. The maximum atomic E-state index is 13.0. The zero-order valence-electron chi connectivity index (χ0n) is 51.2. The Morgan fingerprint density at radius 1 is 0.346 bits per heavy atom. The van der Waals surface area contributed by atoms with E-state index in [0.29, 0.717) is 19.3 Å². The number of phosphoric acid groups is 1. The monoisotopic (exact) mass is 1120 g/mol. The highest BCUT2D eigenvalue weighted by atomic mass is 31.2. The minimum absolute atomic E-state index is 0.171. The molecule has 0 radical (unpaired) electrons. The van der Waals surface area contributed by atoms with Crippen LogP contribution in [0.1, 0.15) is 342 Å². The van der Waals surface area contributed by atoms with Gasteiger partial charge in [0.2, 0.25) is 0 Å². The topological polar surface area (TPSA) is 155 Å². The summed E-state index contributed by atoms with van der Waals surface area (Å²) >= 11 is 0. The Bertz CT molecular complexity index is 1400.